The Bertz CT molecular complexity index is 1880. The van der Waals surface area contributed by atoms with Crippen molar-refractivity contribution < 1.29 is 18.8 Å². The maximum Gasteiger partial charge on any atom is 0.290 e. The molecule has 0 radical (unpaired) electrons. The van der Waals surface area contributed by atoms with Gasteiger partial charge in [-0.25, -0.2) is 4.98 Å². The SMILES string of the molecule is CCn1c(-c2ccc(-c3c(C)on(C)c3=O)cc2OC)cc2cc(C)nc(C(=O)Nc3cccc(C(=O)NC)c3)c21. The molecule has 2 amide bonds. The van der Waals surface area contributed by atoms with Crippen molar-refractivity contribution >= 4 is 28.4 Å². The van der Waals surface area contributed by atoms with E-state index >= 15 is 0 Å². The van der Waals surface area contributed by atoms with Gasteiger partial charge in [-0.05, 0) is 68.8 Å². The molecule has 0 bridgehead atoms. The van der Waals surface area contributed by atoms with Crippen molar-refractivity contribution in [2.45, 2.75) is 27.3 Å². The van der Waals surface area contributed by atoms with Crippen LogP contribution in [0.2, 0.25) is 0 Å². The first-order valence-corrected chi connectivity index (χ1v) is 13.2. The smallest absolute Gasteiger partial charge is 0.290 e. The van der Waals surface area contributed by atoms with Crippen LogP contribution in [0.1, 0.15) is 39.2 Å². The maximum absolute atomic E-state index is 13.6. The van der Waals surface area contributed by atoms with Crippen LogP contribution in [0, 0.1) is 13.8 Å². The number of hydrogen-bond acceptors (Lipinski definition) is 6. The minimum absolute atomic E-state index is 0.224. The number of amides is 2. The number of ether oxygens (including phenoxy) is 1. The van der Waals surface area contributed by atoms with Crippen molar-refractivity contribution in [3.8, 4) is 28.1 Å². The molecular formula is C31H31N5O5. The molecule has 41 heavy (non-hydrogen) atoms. The van der Waals surface area contributed by atoms with Crippen molar-refractivity contribution in [2.24, 2.45) is 7.05 Å². The Kier molecular flexibility index (Phi) is 7.23. The third kappa shape index (κ3) is 4.88. The molecule has 5 aromatic rings. The number of nitrogens with one attached hydrogen (secondary N) is 2. The fourth-order valence-corrected chi connectivity index (χ4v) is 5.20. The minimum Gasteiger partial charge on any atom is -0.496 e. The molecule has 3 heterocycles. The molecule has 210 valence electrons. The fraction of sp³-hybridized carbons (Fsp3) is 0.226. The lowest BCUT2D eigenvalue weighted by Gasteiger charge is -2.14. The Morgan fingerprint density at radius 3 is 2.49 bits per heavy atom. The number of nitrogens with zero attached hydrogens (tertiary/aromatic N) is 3. The highest BCUT2D eigenvalue weighted by Gasteiger charge is 2.23. The summed E-state index contributed by atoms with van der Waals surface area (Å²) in [7, 11) is 4.71. The van der Waals surface area contributed by atoms with E-state index in [9.17, 15) is 14.4 Å². The van der Waals surface area contributed by atoms with Crippen LogP contribution >= 0.6 is 0 Å². The molecule has 10 heteroatoms. The molecule has 10 nitrogen and oxygen atoms in total. The highest BCUT2D eigenvalue weighted by molar-refractivity contribution is 6.12. The second kappa shape index (κ2) is 10.8. The zero-order valence-electron chi connectivity index (χ0n) is 23.8. The Hall–Kier alpha value is -5.12. The molecular weight excluding hydrogens is 522 g/mol. The van der Waals surface area contributed by atoms with Gasteiger partial charge >= 0.3 is 0 Å². The first-order valence-electron chi connectivity index (χ1n) is 13.2. The van der Waals surface area contributed by atoms with E-state index in [-0.39, 0.29) is 23.1 Å². The van der Waals surface area contributed by atoms with E-state index in [0.717, 1.165) is 16.6 Å². The number of pyridine rings is 1. The molecule has 0 spiro atoms. The lowest BCUT2D eigenvalue weighted by Crippen LogP contribution is -2.19. The number of hydrogen-bond donors (Lipinski definition) is 2. The molecule has 3 aromatic heterocycles. The van der Waals surface area contributed by atoms with Crippen LogP contribution in [0.15, 0.2) is 63.9 Å². The number of fused-ring (bicyclic) bond motifs is 1. The number of aryl methyl sites for hydroxylation is 4. The average molecular weight is 554 g/mol. The summed E-state index contributed by atoms with van der Waals surface area (Å²) in [5.41, 5.74) is 5.14. The van der Waals surface area contributed by atoms with E-state index in [0.29, 0.717) is 51.6 Å². The molecule has 0 aliphatic rings. The van der Waals surface area contributed by atoms with Gasteiger partial charge in [0.2, 0.25) is 0 Å². The summed E-state index contributed by atoms with van der Waals surface area (Å²) in [5.74, 6) is 0.461. The predicted molar refractivity (Wildman–Crippen MR) is 158 cm³/mol. The fourth-order valence-electron chi connectivity index (χ4n) is 5.20. The molecule has 0 fully saturated rings. The highest BCUT2D eigenvalue weighted by atomic mass is 16.5. The quantitative estimate of drug-likeness (QED) is 0.295. The van der Waals surface area contributed by atoms with Crippen molar-refractivity contribution in [1.82, 2.24) is 19.6 Å². The largest absolute Gasteiger partial charge is 0.496 e. The van der Waals surface area contributed by atoms with Gasteiger partial charge in [-0.2, -0.15) is 4.74 Å². The zero-order chi connectivity index (χ0) is 29.4. The van der Waals surface area contributed by atoms with Crippen molar-refractivity contribution in [3.05, 3.63) is 87.7 Å². The van der Waals surface area contributed by atoms with Crippen LogP contribution in [0.3, 0.4) is 0 Å². The van der Waals surface area contributed by atoms with Gasteiger partial charge in [0.05, 0.1) is 23.9 Å². The number of rotatable bonds is 7. The van der Waals surface area contributed by atoms with Gasteiger partial charge < -0.3 is 24.5 Å². The van der Waals surface area contributed by atoms with E-state index in [2.05, 4.69) is 15.6 Å². The molecule has 0 aliphatic heterocycles. The van der Waals surface area contributed by atoms with Crippen LogP contribution in [0.5, 0.6) is 5.75 Å². The van der Waals surface area contributed by atoms with E-state index in [1.165, 1.54) is 4.74 Å². The predicted octanol–water partition coefficient (Wildman–Crippen LogP) is 4.92. The molecule has 5 rings (SSSR count). The van der Waals surface area contributed by atoms with Gasteiger partial charge in [0.15, 0.2) is 5.69 Å². The van der Waals surface area contributed by atoms with Crippen molar-refractivity contribution in [2.75, 3.05) is 19.5 Å². The van der Waals surface area contributed by atoms with E-state index in [1.807, 2.05) is 48.7 Å². The average Bonchev–Trinajstić information content (AvgIpc) is 3.46. The number of benzene rings is 2. The standard InChI is InChI=1S/C31H31N5O5/c1-7-36-24(23-12-11-19(16-25(23)40-6)26-18(3)41-35(5)31(26)39)15-21-13-17(2)33-27(28(21)36)30(38)34-22-10-8-9-20(14-22)29(37)32-4/h8-16H,7H2,1-6H3,(H,32,37)(H,34,38). The second-order valence-corrected chi connectivity index (χ2v) is 9.68. The van der Waals surface area contributed by atoms with Gasteiger partial charge in [-0.3, -0.25) is 14.4 Å². The highest BCUT2D eigenvalue weighted by Crippen LogP contribution is 2.38. The van der Waals surface area contributed by atoms with Crippen LogP contribution in [-0.4, -0.2) is 40.3 Å². The Morgan fingerprint density at radius 2 is 1.83 bits per heavy atom. The number of aromatic nitrogens is 3. The van der Waals surface area contributed by atoms with E-state index in [1.54, 1.807) is 52.4 Å². The summed E-state index contributed by atoms with van der Waals surface area (Å²) in [4.78, 5) is 42.9. The summed E-state index contributed by atoms with van der Waals surface area (Å²) >= 11 is 0. The number of methoxy groups -OCH3 is 1. The van der Waals surface area contributed by atoms with Gasteiger partial charge in [-0.15, -0.1) is 0 Å². The number of carbonyl (C=O) groups is 2. The van der Waals surface area contributed by atoms with Crippen LogP contribution in [0.25, 0.3) is 33.3 Å². The Morgan fingerprint density at radius 1 is 1.05 bits per heavy atom. The van der Waals surface area contributed by atoms with Gasteiger partial charge in [-0.1, -0.05) is 12.1 Å². The van der Waals surface area contributed by atoms with Gasteiger partial charge in [0, 0.05) is 48.5 Å². The summed E-state index contributed by atoms with van der Waals surface area (Å²) in [5, 5.41) is 6.34. The third-order valence-electron chi connectivity index (χ3n) is 7.04. The third-order valence-corrected chi connectivity index (χ3v) is 7.04. The molecule has 2 aromatic carbocycles. The Balaban J connectivity index is 1.61. The second-order valence-electron chi connectivity index (χ2n) is 9.68. The zero-order valence-corrected chi connectivity index (χ0v) is 23.8. The minimum atomic E-state index is -0.388. The van der Waals surface area contributed by atoms with Crippen molar-refractivity contribution in [1.29, 1.82) is 0 Å². The number of anilines is 1. The maximum atomic E-state index is 13.6. The molecule has 2 N–H and O–H groups in total. The molecule has 0 saturated heterocycles. The Labute approximate surface area is 236 Å². The van der Waals surface area contributed by atoms with Crippen LogP contribution < -0.4 is 20.9 Å². The summed E-state index contributed by atoms with van der Waals surface area (Å²) in [6, 6.07) is 16.3. The molecule has 0 saturated carbocycles. The summed E-state index contributed by atoms with van der Waals surface area (Å²) in [6.45, 7) is 6.15. The topological polar surface area (TPSA) is 120 Å². The summed E-state index contributed by atoms with van der Waals surface area (Å²) < 4.78 is 14.5. The molecule has 0 atom stereocenters. The van der Waals surface area contributed by atoms with Crippen LogP contribution in [0.4, 0.5) is 5.69 Å². The molecule has 0 aliphatic carbocycles. The first-order chi connectivity index (χ1) is 19.7. The molecule has 0 unspecified atom stereocenters. The van der Waals surface area contributed by atoms with Gasteiger partial charge in [0.25, 0.3) is 17.4 Å². The monoisotopic (exact) mass is 553 g/mol. The lowest BCUT2D eigenvalue weighted by atomic mass is 10.0. The van der Waals surface area contributed by atoms with Crippen LogP contribution in [-0.2, 0) is 13.6 Å². The van der Waals surface area contributed by atoms with Gasteiger partial charge in [0.1, 0.15) is 11.5 Å². The van der Waals surface area contributed by atoms with E-state index in [4.69, 9.17) is 9.26 Å². The summed E-state index contributed by atoms with van der Waals surface area (Å²) in [6.07, 6.45) is 0. The normalized spacial score (nSPS) is 11.1. The lowest BCUT2D eigenvalue weighted by molar-refractivity contribution is 0.0961. The van der Waals surface area contributed by atoms with Crippen molar-refractivity contribution in [3.63, 3.8) is 0 Å². The van der Waals surface area contributed by atoms with E-state index < -0.39 is 0 Å². The first kappa shape index (κ1) is 27.4. The number of carbonyl (C=O) groups excluding carboxylic acids is 2.